The van der Waals surface area contributed by atoms with E-state index < -0.39 is 12.2 Å². The Kier molecular flexibility index (Phi) is 7.96. The number of ether oxygens (including phenoxy) is 1. The van der Waals surface area contributed by atoms with Gasteiger partial charge < -0.3 is 20.5 Å². The van der Waals surface area contributed by atoms with Crippen molar-refractivity contribution in [1.29, 1.82) is 0 Å². The Balaban J connectivity index is 0.00000242. The van der Waals surface area contributed by atoms with Gasteiger partial charge in [0.25, 0.3) is 5.91 Å². The zero-order chi connectivity index (χ0) is 15.2. The number of carbonyl (C=O) groups is 1. The summed E-state index contributed by atoms with van der Waals surface area (Å²) in [4.78, 5) is 12.2. The van der Waals surface area contributed by atoms with Gasteiger partial charge in [0.1, 0.15) is 5.75 Å². The Morgan fingerprint density at radius 1 is 1.50 bits per heavy atom. The van der Waals surface area contributed by atoms with Crippen LogP contribution in [-0.4, -0.2) is 42.9 Å². The SMILES string of the molecule is CCC(Oc1ccccc1Cl)C(=O)NCC1CNCC1O.Cl. The van der Waals surface area contributed by atoms with Crippen molar-refractivity contribution < 1.29 is 14.6 Å². The van der Waals surface area contributed by atoms with Crippen LogP contribution < -0.4 is 15.4 Å². The first-order valence-electron chi connectivity index (χ1n) is 7.19. The molecule has 3 atom stereocenters. The van der Waals surface area contributed by atoms with Gasteiger partial charge in [-0.1, -0.05) is 30.7 Å². The molecule has 1 aliphatic heterocycles. The van der Waals surface area contributed by atoms with Gasteiger partial charge in [-0.15, -0.1) is 12.4 Å². The third-order valence-electron chi connectivity index (χ3n) is 3.61. The molecule has 7 heteroatoms. The van der Waals surface area contributed by atoms with Gasteiger partial charge in [0, 0.05) is 25.6 Å². The summed E-state index contributed by atoms with van der Waals surface area (Å²) >= 11 is 6.03. The van der Waals surface area contributed by atoms with Crippen LogP contribution in [0.5, 0.6) is 5.75 Å². The number of rotatable bonds is 6. The molecule has 0 aromatic heterocycles. The molecule has 1 fully saturated rings. The standard InChI is InChI=1S/C15H21ClN2O3.ClH/c1-2-13(21-14-6-4-3-5-11(14)16)15(20)18-8-10-7-17-9-12(10)19;/h3-6,10,12-13,17,19H,2,7-9H2,1H3,(H,18,20);1H. The Morgan fingerprint density at radius 2 is 2.23 bits per heavy atom. The number of β-amino-alcohol motifs (C(OH)–C–C–N with tert-alkyl or cyclic N) is 1. The van der Waals surface area contributed by atoms with Gasteiger partial charge in [0.05, 0.1) is 11.1 Å². The lowest BCUT2D eigenvalue weighted by atomic mass is 10.1. The summed E-state index contributed by atoms with van der Waals surface area (Å²) in [7, 11) is 0. The first-order chi connectivity index (χ1) is 10.1. The van der Waals surface area contributed by atoms with Gasteiger partial charge in [-0.05, 0) is 18.6 Å². The van der Waals surface area contributed by atoms with E-state index in [-0.39, 0.29) is 24.2 Å². The molecule has 1 aromatic rings. The van der Waals surface area contributed by atoms with Crippen LogP contribution >= 0.6 is 24.0 Å². The van der Waals surface area contributed by atoms with E-state index in [1.165, 1.54) is 0 Å². The van der Waals surface area contributed by atoms with Crippen LogP contribution in [0.25, 0.3) is 0 Å². The van der Waals surface area contributed by atoms with Gasteiger partial charge in [0.2, 0.25) is 0 Å². The second-order valence-electron chi connectivity index (χ2n) is 5.18. The fourth-order valence-electron chi connectivity index (χ4n) is 2.29. The van der Waals surface area contributed by atoms with Crippen LogP contribution in [0.4, 0.5) is 0 Å². The number of halogens is 2. The van der Waals surface area contributed by atoms with E-state index in [0.29, 0.717) is 36.8 Å². The second kappa shape index (κ2) is 9.20. The molecule has 22 heavy (non-hydrogen) atoms. The second-order valence-corrected chi connectivity index (χ2v) is 5.58. The number of benzene rings is 1. The van der Waals surface area contributed by atoms with Gasteiger partial charge in [-0.25, -0.2) is 0 Å². The molecule has 0 spiro atoms. The van der Waals surface area contributed by atoms with E-state index >= 15 is 0 Å². The highest BCUT2D eigenvalue weighted by Gasteiger charge is 2.26. The average molecular weight is 349 g/mol. The fraction of sp³-hybridized carbons (Fsp3) is 0.533. The van der Waals surface area contributed by atoms with E-state index in [1.807, 2.05) is 19.1 Å². The highest BCUT2D eigenvalue weighted by Crippen LogP contribution is 2.24. The number of hydrogen-bond acceptors (Lipinski definition) is 4. The van der Waals surface area contributed by atoms with Crippen molar-refractivity contribution in [2.45, 2.75) is 25.6 Å². The normalized spacial score (nSPS) is 21.8. The molecule has 1 heterocycles. The Labute approximate surface area is 141 Å². The number of amides is 1. The molecule has 0 aliphatic carbocycles. The zero-order valence-electron chi connectivity index (χ0n) is 12.4. The smallest absolute Gasteiger partial charge is 0.261 e. The topological polar surface area (TPSA) is 70.6 Å². The number of para-hydroxylation sites is 1. The molecule has 0 bridgehead atoms. The van der Waals surface area contributed by atoms with Crippen LogP contribution in [0.2, 0.25) is 5.02 Å². The quantitative estimate of drug-likeness (QED) is 0.730. The molecule has 1 aliphatic rings. The van der Waals surface area contributed by atoms with Crippen LogP contribution in [-0.2, 0) is 4.79 Å². The first-order valence-corrected chi connectivity index (χ1v) is 7.57. The van der Waals surface area contributed by atoms with Crippen molar-refractivity contribution in [3.63, 3.8) is 0 Å². The van der Waals surface area contributed by atoms with E-state index in [9.17, 15) is 9.90 Å². The molecule has 0 radical (unpaired) electrons. The molecule has 2 rings (SSSR count). The minimum absolute atomic E-state index is 0. The summed E-state index contributed by atoms with van der Waals surface area (Å²) in [6.45, 7) is 3.61. The lowest BCUT2D eigenvalue weighted by molar-refractivity contribution is -0.128. The highest BCUT2D eigenvalue weighted by molar-refractivity contribution is 6.32. The molecule has 1 aromatic carbocycles. The molecule has 3 N–H and O–H groups in total. The Morgan fingerprint density at radius 3 is 2.82 bits per heavy atom. The maximum Gasteiger partial charge on any atom is 0.261 e. The molecule has 1 amide bonds. The summed E-state index contributed by atoms with van der Waals surface area (Å²) in [6, 6.07) is 7.09. The minimum Gasteiger partial charge on any atom is -0.479 e. The van der Waals surface area contributed by atoms with E-state index in [4.69, 9.17) is 16.3 Å². The largest absolute Gasteiger partial charge is 0.479 e. The molecule has 5 nitrogen and oxygen atoms in total. The van der Waals surface area contributed by atoms with Crippen LogP contribution in [0, 0.1) is 5.92 Å². The number of aliphatic hydroxyl groups excluding tert-OH is 1. The Hall–Kier alpha value is -1.01. The van der Waals surface area contributed by atoms with E-state index in [1.54, 1.807) is 12.1 Å². The van der Waals surface area contributed by atoms with Crippen LogP contribution in [0.15, 0.2) is 24.3 Å². The summed E-state index contributed by atoms with van der Waals surface area (Å²) in [6.07, 6.45) is -0.450. The molecular weight excluding hydrogens is 327 g/mol. The summed E-state index contributed by atoms with van der Waals surface area (Å²) in [5.74, 6) is 0.368. The van der Waals surface area contributed by atoms with Crippen molar-refractivity contribution >= 4 is 29.9 Å². The maximum absolute atomic E-state index is 12.2. The van der Waals surface area contributed by atoms with Crippen molar-refractivity contribution in [2.75, 3.05) is 19.6 Å². The lowest BCUT2D eigenvalue weighted by Crippen LogP contribution is -2.42. The lowest BCUT2D eigenvalue weighted by Gasteiger charge is -2.20. The molecule has 0 saturated carbocycles. The fourth-order valence-corrected chi connectivity index (χ4v) is 2.47. The molecular formula is C15H22Cl2N2O3. The number of hydrogen-bond donors (Lipinski definition) is 3. The zero-order valence-corrected chi connectivity index (χ0v) is 14.0. The summed E-state index contributed by atoms with van der Waals surface area (Å²) < 4.78 is 5.68. The number of carbonyl (C=O) groups excluding carboxylic acids is 1. The predicted octanol–water partition coefficient (Wildman–Crippen LogP) is 1.62. The van der Waals surface area contributed by atoms with Gasteiger partial charge in [-0.2, -0.15) is 0 Å². The monoisotopic (exact) mass is 348 g/mol. The average Bonchev–Trinajstić information content (AvgIpc) is 2.89. The third kappa shape index (κ3) is 5.02. The Bertz CT molecular complexity index is 488. The van der Waals surface area contributed by atoms with Gasteiger partial charge in [-0.3, -0.25) is 4.79 Å². The van der Waals surface area contributed by atoms with Crippen LogP contribution in [0.3, 0.4) is 0 Å². The maximum atomic E-state index is 12.2. The van der Waals surface area contributed by atoms with E-state index in [0.717, 1.165) is 0 Å². The summed E-state index contributed by atoms with van der Waals surface area (Å²) in [5, 5.41) is 16.1. The van der Waals surface area contributed by atoms with Crippen molar-refractivity contribution in [2.24, 2.45) is 5.92 Å². The number of aliphatic hydroxyl groups is 1. The van der Waals surface area contributed by atoms with Gasteiger partial charge >= 0.3 is 0 Å². The van der Waals surface area contributed by atoms with Crippen LogP contribution in [0.1, 0.15) is 13.3 Å². The van der Waals surface area contributed by atoms with Crippen molar-refractivity contribution in [3.8, 4) is 5.75 Å². The van der Waals surface area contributed by atoms with Crippen molar-refractivity contribution in [3.05, 3.63) is 29.3 Å². The third-order valence-corrected chi connectivity index (χ3v) is 3.92. The molecule has 124 valence electrons. The molecule has 1 saturated heterocycles. The summed E-state index contributed by atoms with van der Waals surface area (Å²) in [5.41, 5.74) is 0. The molecule has 3 unspecified atom stereocenters. The van der Waals surface area contributed by atoms with Crippen molar-refractivity contribution in [1.82, 2.24) is 10.6 Å². The van der Waals surface area contributed by atoms with Gasteiger partial charge in [0.15, 0.2) is 6.10 Å². The first kappa shape index (κ1) is 19.0. The number of nitrogens with one attached hydrogen (secondary N) is 2. The highest BCUT2D eigenvalue weighted by atomic mass is 35.5. The predicted molar refractivity (Wildman–Crippen MR) is 88.8 cm³/mol. The van der Waals surface area contributed by atoms with E-state index in [2.05, 4.69) is 10.6 Å². The minimum atomic E-state index is -0.587.